The van der Waals surface area contributed by atoms with Crippen LogP contribution in [0.3, 0.4) is 0 Å². The van der Waals surface area contributed by atoms with Crippen molar-refractivity contribution in [2.75, 3.05) is 19.7 Å². The summed E-state index contributed by atoms with van der Waals surface area (Å²) >= 11 is 0. The van der Waals surface area contributed by atoms with Crippen LogP contribution in [0.2, 0.25) is 0 Å². The maximum absolute atomic E-state index is 13.1. The Morgan fingerprint density at radius 1 is 1.18 bits per heavy atom. The number of carbonyl (C=O) groups is 1. The van der Waals surface area contributed by atoms with Gasteiger partial charge in [-0.05, 0) is 61.4 Å². The van der Waals surface area contributed by atoms with E-state index in [0.29, 0.717) is 31.2 Å². The second-order valence-corrected chi connectivity index (χ2v) is 7.64. The van der Waals surface area contributed by atoms with Crippen LogP contribution in [0, 0.1) is 12.8 Å². The van der Waals surface area contributed by atoms with E-state index in [2.05, 4.69) is 6.58 Å². The molecule has 2 aromatic rings. The smallest absolute Gasteiger partial charge is 0.254 e. The lowest BCUT2D eigenvalue weighted by Gasteiger charge is -2.31. The molecule has 0 spiro atoms. The van der Waals surface area contributed by atoms with Crippen LogP contribution in [-0.2, 0) is 6.61 Å². The van der Waals surface area contributed by atoms with Gasteiger partial charge in [0.25, 0.3) is 5.91 Å². The number of benzene rings is 2. The molecule has 0 saturated carbocycles. The summed E-state index contributed by atoms with van der Waals surface area (Å²) in [5.74, 6) is 1.11. The van der Waals surface area contributed by atoms with Crippen molar-refractivity contribution in [2.45, 2.75) is 33.3 Å². The van der Waals surface area contributed by atoms with Crippen molar-refractivity contribution in [3.63, 3.8) is 0 Å². The van der Waals surface area contributed by atoms with Gasteiger partial charge in [-0.2, -0.15) is 0 Å². The van der Waals surface area contributed by atoms with Crippen LogP contribution in [0.25, 0.3) is 5.57 Å². The van der Waals surface area contributed by atoms with Crippen molar-refractivity contribution in [1.82, 2.24) is 4.90 Å². The van der Waals surface area contributed by atoms with Gasteiger partial charge in [0, 0.05) is 30.8 Å². The Morgan fingerprint density at radius 2 is 1.86 bits per heavy atom. The predicted octanol–water partition coefficient (Wildman–Crippen LogP) is 4.45. The van der Waals surface area contributed by atoms with Crippen molar-refractivity contribution in [2.24, 2.45) is 5.92 Å². The van der Waals surface area contributed by atoms with E-state index in [9.17, 15) is 9.90 Å². The van der Waals surface area contributed by atoms with Gasteiger partial charge in [0.05, 0.1) is 0 Å². The quantitative estimate of drug-likeness (QED) is 0.807. The molecule has 2 aromatic carbocycles. The average Bonchev–Trinajstić information content (AvgIpc) is 2.72. The van der Waals surface area contributed by atoms with Gasteiger partial charge in [-0.15, -0.1) is 0 Å². The van der Waals surface area contributed by atoms with Gasteiger partial charge in [0.2, 0.25) is 0 Å². The molecule has 0 radical (unpaired) electrons. The normalized spacial score (nSPS) is 14.8. The van der Waals surface area contributed by atoms with Gasteiger partial charge >= 0.3 is 0 Å². The first kappa shape index (κ1) is 20.2. The minimum Gasteiger partial charge on any atom is -0.488 e. The number of allylic oxidation sites excluding steroid dienone is 1. The number of hydrogen-bond donors (Lipinski definition) is 1. The van der Waals surface area contributed by atoms with E-state index >= 15 is 0 Å². The number of carbonyl (C=O) groups excluding carboxylic acids is 1. The standard InChI is InChI=1S/C24H29NO3/c1-17(2)21-14-22(24(27)25-11-9-19(15-26)10-12-25)18(3)13-23(21)28-16-20-7-5-4-6-8-20/h4-8,13-14,19,26H,1,9-12,15-16H2,2-3H3. The fraction of sp³-hybridized carbons (Fsp3) is 0.375. The lowest BCUT2D eigenvalue weighted by Crippen LogP contribution is -2.39. The summed E-state index contributed by atoms with van der Waals surface area (Å²) in [5.41, 5.74) is 4.45. The average molecular weight is 380 g/mol. The van der Waals surface area contributed by atoms with Crippen LogP contribution in [0.15, 0.2) is 49.0 Å². The minimum atomic E-state index is 0.0472. The summed E-state index contributed by atoms with van der Waals surface area (Å²) in [7, 11) is 0. The molecule has 0 aliphatic carbocycles. The van der Waals surface area contributed by atoms with E-state index in [4.69, 9.17) is 4.74 Å². The summed E-state index contributed by atoms with van der Waals surface area (Å²) in [4.78, 5) is 15.0. The maximum Gasteiger partial charge on any atom is 0.254 e. The molecule has 4 heteroatoms. The van der Waals surface area contributed by atoms with E-state index in [1.54, 1.807) is 0 Å². The minimum absolute atomic E-state index is 0.0472. The summed E-state index contributed by atoms with van der Waals surface area (Å²) < 4.78 is 6.06. The van der Waals surface area contributed by atoms with Gasteiger partial charge in [0.1, 0.15) is 12.4 Å². The Bertz CT molecular complexity index is 836. The molecule has 1 fully saturated rings. The number of ether oxygens (including phenoxy) is 1. The van der Waals surface area contributed by atoms with Crippen molar-refractivity contribution in [3.8, 4) is 5.75 Å². The highest BCUT2D eigenvalue weighted by Gasteiger charge is 2.25. The molecule has 1 amide bonds. The van der Waals surface area contributed by atoms with Crippen LogP contribution < -0.4 is 4.74 Å². The molecule has 3 rings (SSSR count). The highest BCUT2D eigenvalue weighted by Crippen LogP contribution is 2.31. The second-order valence-electron chi connectivity index (χ2n) is 7.64. The van der Waals surface area contributed by atoms with E-state index in [-0.39, 0.29) is 12.5 Å². The van der Waals surface area contributed by atoms with E-state index in [1.807, 2.05) is 61.2 Å². The highest BCUT2D eigenvalue weighted by molar-refractivity contribution is 5.97. The molecule has 0 atom stereocenters. The van der Waals surface area contributed by atoms with Crippen molar-refractivity contribution < 1.29 is 14.6 Å². The third-order valence-electron chi connectivity index (χ3n) is 5.41. The molecule has 148 valence electrons. The molecular formula is C24H29NO3. The predicted molar refractivity (Wildman–Crippen MR) is 112 cm³/mol. The molecule has 0 aromatic heterocycles. The fourth-order valence-corrected chi connectivity index (χ4v) is 3.59. The van der Waals surface area contributed by atoms with Crippen LogP contribution in [-0.4, -0.2) is 35.6 Å². The van der Waals surface area contributed by atoms with Crippen molar-refractivity contribution in [3.05, 3.63) is 71.3 Å². The van der Waals surface area contributed by atoms with Gasteiger partial charge in [-0.3, -0.25) is 4.79 Å². The zero-order chi connectivity index (χ0) is 20.1. The van der Waals surface area contributed by atoms with Crippen LogP contribution in [0.1, 0.15) is 46.8 Å². The fourth-order valence-electron chi connectivity index (χ4n) is 3.59. The van der Waals surface area contributed by atoms with Gasteiger partial charge in [-0.1, -0.05) is 36.9 Å². The molecule has 28 heavy (non-hydrogen) atoms. The number of rotatable bonds is 6. The Hall–Kier alpha value is -2.59. The number of aryl methyl sites for hydroxylation is 1. The van der Waals surface area contributed by atoms with Crippen LogP contribution >= 0.6 is 0 Å². The molecular weight excluding hydrogens is 350 g/mol. The summed E-state index contributed by atoms with van der Waals surface area (Å²) in [5, 5.41) is 9.31. The van der Waals surface area contributed by atoms with Gasteiger partial charge in [0.15, 0.2) is 0 Å². The third kappa shape index (κ3) is 4.63. The molecule has 1 N–H and O–H groups in total. The zero-order valence-corrected chi connectivity index (χ0v) is 16.8. The number of aliphatic hydroxyl groups excluding tert-OH is 1. The van der Waals surface area contributed by atoms with Crippen LogP contribution in [0.5, 0.6) is 5.75 Å². The molecule has 1 aliphatic rings. The Labute approximate surface area is 167 Å². The topological polar surface area (TPSA) is 49.8 Å². The lowest BCUT2D eigenvalue weighted by atomic mass is 9.95. The van der Waals surface area contributed by atoms with Crippen molar-refractivity contribution >= 4 is 11.5 Å². The molecule has 4 nitrogen and oxygen atoms in total. The number of piperidine rings is 1. The van der Waals surface area contributed by atoms with Crippen molar-refractivity contribution in [1.29, 1.82) is 0 Å². The first-order chi connectivity index (χ1) is 13.5. The monoisotopic (exact) mass is 379 g/mol. The number of aliphatic hydroxyl groups is 1. The van der Waals surface area contributed by atoms with E-state index < -0.39 is 0 Å². The Morgan fingerprint density at radius 3 is 2.46 bits per heavy atom. The second kappa shape index (κ2) is 9.07. The summed E-state index contributed by atoms with van der Waals surface area (Å²) in [6.07, 6.45) is 1.71. The highest BCUT2D eigenvalue weighted by atomic mass is 16.5. The number of amides is 1. The number of nitrogens with zero attached hydrogens (tertiary/aromatic N) is 1. The Balaban J connectivity index is 1.80. The zero-order valence-electron chi connectivity index (χ0n) is 16.8. The summed E-state index contributed by atoms with van der Waals surface area (Å²) in [6.45, 7) is 10.0. The molecule has 1 heterocycles. The first-order valence-electron chi connectivity index (χ1n) is 9.87. The van der Waals surface area contributed by atoms with Gasteiger partial charge in [-0.25, -0.2) is 0 Å². The Kier molecular flexibility index (Phi) is 6.53. The van der Waals surface area contributed by atoms with Crippen LogP contribution in [0.4, 0.5) is 0 Å². The number of likely N-dealkylation sites (tertiary alicyclic amines) is 1. The number of hydrogen-bond acceptors (Lipinski definition) is 3. The lowest BCUT2D eigenvalue weighted by molar-refractivity contribution is 0.0650. The largest absolute Gasteiger partial charge is 0.488 e. The molecule has 0 bridgehead atoms. The van der Waals surface area contributed by atoms with Gasteiger partial charge < -0.3 is 14.7 Å². The SMILES string of the molecule is C=C(C)c1cc(C(=O)N2CCC(CO)CC2)c(C)cc1OCc1ccccc1. The molecule has 0 unspecified atom stereocenters. The molecule has 1 saturated heterocycles. The third-order valence-corrected chi connectivity index (χ3v) is 5.41. The maximum atomic E-state index is 13.1. The molecule has 1 aliphatic heterocycles. The summed E-state index contributed by atoms with van der Waals surface area (Å²) in [6, 6.07) is 13.9. The first-order valence-corrected chi connectivity index (χ1v) is 9.87. The van der Waals surface area contributed by atoms with E-state index in [0.717, 1.165) is 40.9 Å². The van der Waals surface area contributed by atoms with E-state index in [1.165, 1.54) is 0 Å².